The highest BCUT2D eigenvalue weighted by Gasteiger charge is 2.20. The first-order chi connectivity index (χ1) is 4.84. The van der Waals surface area contributed by atoms with E-state index in [2.05, 4.69) is 5.92 Å². The topological polar surface area (TPSA) is 26.3 Å². The summed E-state index contributed by atoms with van der Waals surface area (Å²) in [6.07, 6.45) is 7.58. The van der Waals surface area contributed by atoms with Crippen LogP contribution >= 0.6 is 0 Å². The summed E-state index contributed by atoms with van der Waals surface area (Å²) < 4.78 is 15.9. The van der Waals surface area contributed by atoms with Crippen molar-refractivity contribution < 1.29 is 8.39 Å². The third-order valence-electron chi connectivity index (χ3n) is 1.49. The maximum atomic E-state index is 11.0. The molecule has 0 saturated carbocycles. The van der Waals surface area contributed by atoms with Crippen molar-refractivity contribution in [2.24, 2.45) is 0 Å². The van der Waals surface area contributed by atoms with E-state index >= 15 is 0 Å². The average molecular weight is 158 g/mol. The second kappa shape index (κ2) is 3.75. The van der Waals surface area contributed by atoms with Gasteiger partial charge < -0.3 is 0 Å². The Kier molecular flexibility index (Phi) is 2.91. The number of terminal acetylenes is 1. The lowest BCUT2D eigenvalue weighted by Crippen LogP contribution is -2.22. The van der Waals surface area contributed by atoms with Crippen LogP contribution in [0.2, 0.25) is 0 Å². The minimum absolute atomic E-state index is 0.0822. The molecular formula is C7H10O2S. The molecule has 2 nitrogen and oxygen atoms in total. The monoisotopic (exact) mass is 158 g/mol. The van der Waals surface area contributed by atoms with Crippen LogP contribution in [0.4, 0.5) is 0 Å². The Morgan fingerprint density at radius 1 is 1.80 bits per heavy atom. The van der Waals surface area contributed by atoms with E-state index in [-0.39, 0.29) is 5.25 Å². The molecule has 1 rings (SSSR count). The Balaban J connectivity index is 2.42. The third kappa shape index (κ3) is 1.83. The molecular weight excluding hydrogens is 148 g/mol. The molecule has 1 saturated heterocycles. The molecule has 1 heterocycles. The second-order valence-corrected chi connectivity index (χ2v) is 3.68. The van der Waals surface area contributed by atoms with Crippen LogP contribution in [0.1, 0.15) is 19.3 Å². The molecule has 2 atom stereocenters. The molecule has 1 aliphatic heterocycles. The fraction of sp³-hybridized carbons (Fsp3) is 0.714. The van der Waals surface area contributed by atoms with Crippen molar-refractivity contribution in [1.29, 1.82) is 0 Å². The fourth-order valence-electron chi connectivity index (χ4n) is 0.946. The van der Waals surface area contributed by atoms with Crippen LogP contribution < -0.4 is 0 Å². The third-order valence-corrected chi connectivity index (χ3v) is 2.83. The average Bonchev–Trinajstić information content (AvgIpc) is 1.94. The van der Waals surface area contributed by atoms with Crippen LogP contribution in [0.15, 0.2) is 0 Å². The normalized spacial score (nSPS) is 33.1. The first-order valence-electron chi connectivity index (χ1n) is 3.32. The molecule has 0 bridgehead atoms. The molecule has 0 aromatic carbocycles. The van der Waals surface area contributed by atoms with Crippen molar-refractivity contribution in [2.45, 2.75) is 24.5 Å². The summed E-state index contributed by atoms with van der Waals surface area (Å²) in [4.78, 5) is 0. The molecule has 0 aromatic heterocycles. The van der Waals surface area contributed by atoms with Gasteiger partial charge in [0.1, 0.15) is 0 Å². The standard InChI is InChI=1S/C7H10O2S/c1-2-4-7-5-3-6-9-10(7)8/h1,7H,3-6H2. The predicted octanol–water partition coefficient (Wildman–Crippen LogP) is 0.852. The van der Waals surface area contributed by atoms with E-state index in [4.69, 9.17) is 10.6 Å². The maximum absolute atomic E-state index is 11.0. The van der Waals surface area contributed by atoms with Crippen LogP contribution in [0, 0.1) is 12.3 Å². The maximum Gasteiger partial charge on any atom is 0.159 e. The quantitative estimate of drug-likeness (QED) is 0.529. The molecule has 3 heteroatoms. The summed E-state index contributed by atoms with van der Waals surface area (Å²) in [5, 5.41) is 0.0822. The summed E-state index contributed by atoms with van der Waals surface area (Å²) in [5.41, 5.74) is 0. The van der Waals surface area contributed by atoms with E-state index in [0.717, 1.165) is 12.8 Å². The summed E-state index contributed by atoms with van der Waals surface area (Å²) in [6, 6.07) is 0. The molecule has 56 valence electrons. The molecule has 10 heavy (non-hydrogen) atoms. The number of hydrogen-bond donors (Lipinski definition) is 0. The molecule has 2 unspecified atom stereocenters. The van der Waals surface area contributed by atoms with Gasteiger partial charge in [-0.3, -0.25) is 4.18 Å². The molecule has 0 aromatic rings. The van der Waals surface area contributed by atoms with Gasteiger partial charge in [0.25, 0.3) is 0 Å². The molecule has 0 spiro atoms. The summed E-state index contributed by atoms with van der Waals surface area (Å²) in [5.74, 6) is 2.49. The van der Waals surface area contributed by atoms with E-state index in [1.165, 1.54) is 0 Å². The van der Waals surface area contributed by atoms with E-state index < -0.39 is 11.1 Å². The van der Waals surface area contributed by atoms with Crippen molar-refractivity contribution in [3.63, 3.8) is 0 Å². The van der Waals surface area contributed by atoms with Crippen LogP contribution in [-0.4, -0.2) is 16.1 Å². The largest absolute Gasteiger partial charge is 0.290 e. The zero-order valence-electron chi connectivity index (χ0n) is 5.71. The van der Waals surface area contributed by atoms with Crippen molar-refractivity contribution in [1.82, 2.24) is 0 Å². The summed E-state index contributed by atoms with van der Waals surface area (Å²) in [7, 11) is 0. The Labute approximate surface area is 63.6 Å². The Bertz CT molecular complexity index is 171. The highest BCUT2D eigenvalue weighted by atomic mass is 32.2. The van der Waals surface area contributed by atoms with Crippen LogP contribution in [0.3, 0.4) is 0 Å². The Hall–Kier alpha value is -0.330. The first-order valence-corrected chi connectivity index (χ1v) is 4.45. The minimum atomic E-state index is -1.12. The van der Waals surface area contributed by atoms with Gasteiger partial charge in [0.2, 0.25) is 0 Å². The summed E-state index contributed by atoms with van der Waals surface area (Å²) >= 11 is -1.12. The van der Waals surface area contributed by atoms with Gasteiger partial charge in [0.15, 0.2) is 11.1 Å². The lowest BCUT2D eigenvalue weighted by atomic mass is 10.2. The zero-order chi connectivity index (χ0) is 7.40. The van der Waals surface area contributed by atoms with Gasteiger partial charge in [0, 0.05) is 6.42 Å². The SMILES string of the molecule is C#CCC1CCCOS1=O. The number of rotatable bonds is 1. The van der Waals surface area contributed by atoms with Gasteiger partial charge in [-0.2, -0.15) is 0 Å². The van der Waals surface area contributed by atoms with Gasteiger partial charge in [-0.1, -0.05) is 0 Å². The highest BCUT2D eigenvalue weighted by Crippen LogP contribution is 2.16. The Morgan fingerprint density at radius 2 is 2.60 bits per heavy atom. The van der Waals surface area contributed by atoms with E-state index in [1.807, 2.05) is 0 Å². The summed E-state index contributed by atoms with van der Waals surface area (Å²) in [6.45, 7) is 0.619. The highest BCUT2D eigenvalue weighted by molar-refractivity contribution is 7.80. The van der Waals surface area contributed by atoms with E-state index in [1.54, 1.807) is 0 Å². The van der Waals surface area contributed by atoms with Crippen molar-refractivity contribution in [3.8, 4) is 12.3 Å². The van der Waals surface area contributed by atoms with Crippen LogP contribution in [0.25, 0.3) is 0 Å². The van der Waals surface area contributed by atoms with Crippen LogP contribution in [-0.2, 0) is 15.3 Å². The molecule has 0 aliphatic carbocycles. The van der Waals surface area contributed by atoms with Gasteiger partial charge >= 0.3 is 0 Å². The number of hydrogen-bond acceptors (Lipinski definition) is 2. The van der Waals surface area contributed by atoms with Gasteiger partial charge in [-0.15, -0.1) is 12.3 Å². The molecule has 0 amide bonds. The lowest BCUT2D eigenvalue weighted by molar-refractivity contribution is 0.304. The zero-order valence-corrected chi connectivity index (χ0v) is 6.52. The van der Waals surface area contributed by atoms with Gasteiger partial charge in [0.05, 0.1) is 11.9 Å². The van der Waals surface area contributed by atoms with E-state index in [0.29, 0.717) is 13.0 Å². The van der Waals surface area contributed by atoms with Crippen molar-refractivity contribution >= 4 is 11.1 Å². The van der Waals surface area contributed by atoms with Crippen LogP contribution in [0.5, 0.6) is 0 Å². The predicted molar refractivity (Wildman–Crippen MR) is 40.6 cm³/mol. The minimum Gasteiger partial charge on any atom is -0.290 e. The Morgan fingerprint density at radius 3 is 3.20 bits per heavy atom. The second-order valence-electron chi connectivity index (χ2n) is 2.25. The van der Waals surface area contributed by atoms with Crippen molar-refractivity contribution in [2.75, 3.05) is 6.61 Å². The first kappa shape index (κ1) is 7.77. The fourth-order valence-corrected chi connectivity index (χ4v) is 2.01. The molecule has 1 aliphatic rings. The smallest absolute Gasteiger partial charge is 0.159 e. The molecule has 0 radical (unpaired) electrons. The van der Waals surface area contributed by atoms with Crippen molar-refractivity contribution in [3.05, 3.63) is 0 Å². The molecule has 0 N–H and O–H groups in total. The van der Waals surface area contributed by atoms with E-state index in [9.17, 15) is 4.21 Å². The van der Waals surface area contributed by atoms with Gasteiger partial charge in [-0.05, 0) is 12.8 Å². The molecule has 1 fully saturated rings. The van der Waals surface area contributed by atoms with Gasteiger partial charge in [-0.25, -0.2) is 4.21 Å². The lowest BCUT2D eigenvalue weighted by Gasteiger charge is -2.18.